The molecule has 0 radical (unpaired) electrons. The third kappa shape index (κ3) is 19.4. The third-order valence-corrected chi connectivity index (χ3v) is 11.0. The zero-order valence-corrected chi connectivity index (χ0v) is 37.0. The van der Waals surface area contributed by atoms with Crippen molar-refractivity contribution in [2.24, 2.45) is 0 Å². The highest BCUT2D eigenvalue weighted by atomic mass is 79.9. The molecular formula is C45H46BBrO8S3. The summed E-state index contributed by atoms with van der Waals surface area (Å²) in [6.07, 6.45) is 6.13. The van der Waals surface area contributed by atoms with Gasteiger partial charge in [-0.25, -0.2) is 9.59 Å². The van der Waals surface area contributed by atoms with Crippen LogP contribution in [-0.2, 0) is 19.1 Å². The minimum Gasteiger partial charge on any atom is -0.463 e. The van der Waals surface area contributed by atoms with Gasteiger partial charge in [0, 0.05) is 26.8 Å². The number of hydrogen-bond acceptors (Lipinski definition) is 11. The SMILES string of the molecule is C=CC(=O)OCC.CCOC(=O)/C=C/c1ccc(-c2ccc(C)cc2)s1.Cc1ccc(-c2ccc(C=O)s2)cc1.Cc1ccc(B(O)O)cc1.O=Cc1ccc(Br)s1. The fourth-order valence-electron chi connectivity index (χ4n) is 4.28. The zero-order chi connectivity index (χ0) is 42.9. The third-order valence-electron chi connectivity index (χ3n) is 7.25. The van der Waals surface area contributed by atoms with E-state index in [0.29, 0.717) is 18.7 Å². The molecule has 0 saturated heterocycles. The molecule has 0 aliphatic carbocycles. The molecule has 6 rings (SSSR count). The molecule has 0 saturated carbocycles. The summed E-state index contributed by atoms with van der Waals surface area (Å²) in [7, 11) is -1.35. The monoisotopic (exact) mass is 900 g/mol. The van der Waals surface area contributed by atoms with Gasteiger partial charge < -0.3 is 19.5 Å². The second-order valence-electron chi connectivity index (χ2n) is 11.8. The largest absolute Gasteiger partial charge is 0.488 e. The minimum atomic E-state index is -1.35. The predicted octanol–water partition coefficient (Wildman–Crippen LogP) is 10.6. The highest BCUT2D eigenvalue weighted by molar-refractivity contribution is 9.11. The second kappa shape index (κ2) is 27.6. The fraction of sp³-hybridized carbons (Fsp3) is 0.156. The van der Waals surface area contributed by atoms with Gasteiger partial charge in [0.2, 0.25) is 0 Å². The van der Waals surface area contributed by atoms with Gasteiger partial charge in [-0.15, -0.1) is 34.0 Å². The smallest absolute Gasteiger partial charge is 0.463 e. The Bertz CT molecular complexity index is 2170. The molecule has 0 aliphatic heterocycles. The normalized spacial score (nSPS) is 9.79. The Kier molecular flexibility index (Phi) is 23.4. The van der Waals surface area contributed by atoms with Gasteiger partial charge in [0.15, 0.2) is 12.6 Å². The van der Waals surface area contributed by atoms with E-state index in [1.807, 2.05) is 43.3 Å². The van der Waals surface area contributed by atoms with E-state index >= 15 is 0 Å². The predicted molar refractivity (Wildman–Crippen MR) is 245 cm³/mol. The molecule has 3 aromatic heterocycles. The van der Waals surface area contributed by atoms with Crippen molar-refractivity contribution in [3.05, 3.63) is 163 Å². The quantitative estimate of drug-likeness (QED) is 0.0602. The molecule has 13 heteroatoms. The molecule has 0 unspecified atom stereocenters. The van der Waals surface area contributed by atoms with Gasteiger partial charge in [0.25, 0.3) is 0 Å². The van der Waals surface area contributed by atoms with Crippen molar-refractivity contribution in [3.8, 4) is 20.9 Å². The Balaban J connectivity index is 0.000000263. The van der Waals surface area contributed by atoms with E-state index in [0.717, 1.165) is 47.5 Å². The Morgan fingerprint density at radius 3 is 1.40 bits per heavy atom. The first-order chi connectivity index (χ1) is 27.8. The van der Waals surface area contributed by atoms with Crippen LogP contribution < -0.4 is 5.46 Å². The number of benzene rings is 3. The van der Waals surface area contributed by atoms with Crippen LogP contribution in [-0.4, -0.2) is 54.9 Å². The standard InChI is InChI=1S/C16H16O2S.C12H10OS.C7H9BO2.C5H3BrOS.C5H8O2/c1-3-18-16(17)11-9-14-8-10-15(19-14)13-6-4-12(2)5-7-13;1-9-2-4-10(5-3-9)12-7-6-11(8-13)14-12;1-6-2-4-7(5-3-6)8(9)10;6-5-2-1-4(3-7)8-5;1-3-5(6)7-4-2/h4-11H,3H2,1-2H3;2-8H,1H3;2-5,9-10H,1H3;1-3H;3H,1,4H2,2H3/b11-9+;;;;. The molecule has 3 heterocycles. The maximum absolute atomic E-state index is 11.2. The Morgan fingerprint density at radius 2 is 1.03 bits per heavy atom. The number of esters is 2. The zero-order valence-electron chi connectivity index (χ0n) is 32.9. The van der Waals surface area contributed by atoms with Crippen molar-refractivity contribution in [2.75, 3.05) is 13.2 Å². The van der Waals surface area contributed by atoms with Gasteiger partial charge >= 0.3 is 19.1 Å². The van der Waals surface area contributed by atoms with Gasteiger partial charge in [-0.1, -0.05) is 96.1 Å². The van der Waals surface area contributed by atoms with Crippen LogP contribution in [0.15, 0.2) is 132 Å². The van der Waals surface area contributed by atoms with Crippen LogP contribution in [0.3, 0.4) is 0 Å². The highest BCUT2D eigenvalue weighted by Gasteiger charge is 2.08. The van der Waals surface area contributed by atoms with Gasteiger partial charge in [-0.3, -0.25) is 9.59 Å². The number of carbonyl (C=O) groups excluding carboxylic acids is 4. The van der Waals surface area contributed by atoms with Crippen molar-refractivity contribution in [2.45, 2.75) is 34.6 Å². The van der Waals surface area contributed by atoms with Crippen molar-refractivity contribution in [3.63, 3.8) is 0 Å². The van der Waals surface area contributed by atoms with Gasteiger partial charge in [0.1, 0.15) is 0 Å². The number of rotatable bonds is 10. The van der Waals surface area contributed by atoms with E-state index in [2.05, 4.69) is 95.7 Å². The summed E-state index contributed by atoms with van der Waals surface area (Å²) in [4.78, 5) is 46.8. The van der Waals surface area contributed by atoms with E-state index in [-0.39, 0.29) is 11.9 Å². The molecule has 0 atom stereocenters. The topological polar surface area (TPSA) is 127 Å². The van der Waals surface area contributed by atoms with Crippen molar-refractivity contribution < 1.29 is 38.7 Å². The Labute approximate surface area is 361 Å². The maximum Gasteiger partial charge on any atom is 0.488 e. The molecule has 3 aromatic carbocycles. The highest BCUT2D eigenvalue weighted by Crippen LogP contribution is 2.29. The summed E-state index contributed by atoms with van der Waals surface area (Å²) in [6.45, 7) is 13.7. The lowest BCUT2D eigenvalue weighted by molar-refractivity contribution is -0.138. The van der Waals surface area contributed by atoms with E-state index in [1.165, 1.54) is 55.9 Å². The Hall–Kier alpha value is -5.02. The average molecular weight is 902 g/mol. The molecule has 0 fully saturated rings. The first-order valence-corrected chi connectivity index (χ1v) is 21.1. The molecular weight excluding hydrogens is 855 g/mol. The molecule has 6 aromatic rings. The van der Waals surface area contributed by atoms with E-state index < -0.39 is 7.12 Å². The molecule has 2 N–H and O–H groups in total. The van der Waals surface area contributed by atoms with Crippen LogP contribution in [0.2, 0.25) is 0 Å². The van der Waals surface area contributed by atoms with E-state index in [1.54, 1.807) is 49.5 Å². The van der Waals surface area contributed by atoms with Crippen LogP contribution >= 0.6 is 49.9 Å². The molecule has 58 heavy (non-hydrogen) atoms. The number of hydrogen-bond donors (Lipinski definition) is 2. The number of carbonyl (C=O) groups is 4. The van der Waals surface area contributed by atoms with Crippen molar-refractivity contribution in [1.29, 1.82) is 0 Å². The van der Waals surface area contributed by atoms with Crippen LogP contribution in [0.5, 0.6) is 0 Å². The average Bonchev–Trinajstić information content (AvgIpc) is 4.01. The summed E-state index contributed by atoms with van der Waals surface area (Å²) < 4.78 is 10.3. The summed E-state index contributed by atoms with van der Waals surface area (Å²) in [5.41, 5.74) is 6.53. The minimum absolute atomic E-state index is 0.298. The first-order valence-electron chi connectivity index (χ1n) is 17.9. The van der Waals surface area contributed by atoms with Crippen LogP contribution in [0, 0.1) is 20.8 Å². The molecule has 0 spiro atoms. The summed E-state index contributed by atoms with van der Waals surface area (Å²) >= 11 is 7.85. The maximum atomic E-state index is 11.2. The van der Waals surface area contributed by atoms with Crippen LogP contribution in [0.1, 0.15) is 54.8 Å². The van der Waals surface area contributed by atoms with E-state index in [4.69, 9.17) is 14.8 Å². The Morgan fingerprint density at radius 1 is 0.621 bits per heavy atom. The molecule has 0 bridgehead atoms. The van der Waals surface area contributed by atoms with E-state index in [9.17, 15) is 19.2 Å². The first kappa shape index (κ1) is 49.1. The summed E-state index contributed by atoms with van der Waals surface area (Å²) in [6, 6.07) is 35.4. The lowest BCUT2D eigenvalue weighted by Gasteiger charge is -1.97. The van der Waals surface area contributed by atoms with Crippen molar-refractivity contribution in [1.82, 2.24) is 0 Å². The lowest BCUT2D eigenvalue weighted by atomic mass is 9.80. The fourth-order valence-corrected chi connectivity index (χ4v) is 7.26. The van der Waals surface area contributed by atoms with Gasteiger partial charge in [-0.05, 0) is 110 Å². The molecule has 0 amide bonds. The summed E-state index contributed by atoms with van der Waals surface area (Å²) in [5.74, 6) is -0.657. The number of ether oxygens (including phenoxy) is 2. The number of thiophene rings is 3. The number of aryl methyl sites for hydroxylation is 3. The molecule has 8 nitrogen and oxygen atoms in total. The molecule has 302 valence electrons. The van der Waals surface area contributed by atoms with Gasteiger partial charge in [0.05, 0.1) is 26.8 Å². The number of halogens is 1. The van der Waals surface area contributed by atoms with Crippen molar-refractivity contribution >= 4 is 93.1 Å². The van der Waals surface area contributed by atoms with Gasteiger partial charge in [-0.2, -0.15) is 0 Å². The van der Waals surface area contributed by atoms with Crippen LogP contribution in [0.25, 0.3) is 27.0 Å². The number of aldehydes is 2. The second-order valence-corrected chi connectivity index (χ2v) is 16.6. The lowest BCUT2D eigenvalue weighted by Crippen LogP contribution is -2.29. The summed E-state index contributed by atoms with van der Waals surface area (Å²) in [5, 5.41) is 17.3. The van der Waals surface area contributed by atoms with Crippen LogP contribution in [0.4, 0.5) is 0 Å². The molecule has 0 aliphatic rings.